The van der Waals surface area contributed by atoms with Crippen LogP contribution in [0.15, 0.2) is 162 Å². The number of nitrogens with zero attached hydrogens (tertiary/aromatic N) is 4. The Morgan fingerprint density at radius 1 is 0.574 bits per heavy atom. The first-order valence-electron chi connectivity index (χ1n) is 23.1. The molecule has 68 heavy (non-hydrogen) atoms. The van der Waals surface area contributed by atoms with Crippen LogP contribution >= 0.6 is 0 Å². The van der Waals surface area contributed by atoms with Crippen LogP contribution in [0.4, 0.5) is 13.2 Å². The molecule has 11 aromatic rings. The molecule has 0 aliphatic rings. The number of para-hydroxylation sites is 4. The number of pyridine rings is 1. The van der Waals surface area contributed by atoms with Gasteiger partial charge >= 0.3 is 6.18 Å². The Kier molecular flexibility index (Phi) is 10.1. The minimum atomic E-state index is -4.54. The molecule has 0 saturated heterocycles. The van der Waals surface area contributed by atoms with E-state index in [4.69, 9.17) is 19.1 Å². The van der Waals surface area contributed by atoms with Crippen LogP contribution in [0.2, 0.25) is 0 Å². The van der Waals surface area contributed by atoms with E-state index < -0.39 is 11.7 Å². The molecular weight excluding hydrogens is 854 g/mol. The molecule has 0 amide bonds. The van der Waals surface area contributed by atoms with Crippen LogP contribution < -0.4 is 4.74 Å². The molecule has 9 heteroatoms. The van der Waals surface area contributed by atoms with E-state index in [-0.39, 0.29) is 22.8 Å². The molecule has 4 aromatic heterocycles. The van der Waals surface area contributed by atoms with E-state index in [0.717, 1.165) is 61.2 Å². The first kappa shape index (κ1) is 43.0. The fourth-order valence-electron chi connectivity index (χ4n) is 9.83. The Morgan fingerprint density at radius 3 is 2.01 bits per heavy atom. The molecule has 0 aliphatic carbocycles. The van der Waals surface area contributed by atoms with Gasteiger partial charge in [0.05, 0.1) is 38.9 Å². The summed E-state index contributed by atoms with van der Waals surface area (Å²) in [5.41, 5.74) is 9.63. The summed E-state index contributed by atoms with van der Waals surface area (Å²) in [6, 6.07) is 48.2. The lowest BCUT2D eigenvalue weighted by Gasteiger charge is -2.22. The zero-order valence-electron chi connectivity index (χ0n) is 38.9. The molecule has 0 saturated carbocycles. The fraction of sp³-hybridized carbons (Fsp3) is 0.186. The van der Waals surface area contributed by atoms with Gasteiger partial charge in [-0.3, -0.25) is 9.13 Å². The van der Waals surface area contributed by atoms with Crippen molar-refractivity contribution in [1.29, 1.82) is 0 Å². The van der Waals surface area contributed by atoms with Crippen LogP contribution in [0.1, 0.15) is 82.6 Å². The van der Waals surface area contributed by atoms with Crippen molar-refractivity contribution in [1.82, 2.24) is 19.1 Å². The average molecular weight is 903 g/mol. The molecule has 11 rings (SSSR count). The molecule has 0 unspecified atom stereocenters. The summed E-state index contributed by atoms with van der Waals surface area (Å²) < 4.78 is 61.4. The molecule has 7 aromatic carbocycles. The number of rotatable bonds is 8. The van der Waals surface area contributed by atoms with Crippen LogP contribution in [-0.2, 0) is 11.6 Å². The summed E-state index contributed by atoms with van der Waals surface area (Å²) >= 11 is 0. The van der Waals surface area contributed by atoms with Crippen molar-refractivity contribution in [3.63, 3.8) is 0 Å². The van der Waals surface area contributed by atoms with Gasteiger partial charge in [0.15, 0.2) is 0 Å². The maximum atomic E-state index is 14.4. The highest BCUT2D eigenvalue weighted by molar-refractivity contribution is 6.12. The average Bonchev–Trinajstić information content (AvgIpc) is 4.00. The topological polar surface area (TPSA) is 58.0 Å². The number of hydrogen-bond donors (Lipinski definition) is 0. The smallest absolute Gasteiger partial charge is 0.417 e. The van der Waals surface area contributed by atoms with E-state index in [1.165, 1.54) is 28.8 Å². The molecule has 0 N–H and O–H groups in total. The quantitative estimate of drug-likeness (QED) is 0.152. The summed E-state index contributed by atoms with van der Waals surface area (Å²) in [6.07, 6.45) is -2.67. The Labute approximate surface area is 392 Å². The third-order valence-corrected chi connectivity index (χ3v) is 13.2. The monoisotopic (exact) mass is 902 g/mol. The summed E-state index contributed by atoms with van der Waals surface area (Å²) in [5.74, 6) is 2.99. The van der Waals surface area contributed by atoms with Gasteiger partial charge in [-0.05, 0) is 118 Å². The maximum absolute atomic E-state index is 14.4. The van der Waals surface area contributed by atoms with Crippen molar-refractivity contribution >= 4 is 54.8 Å². The number of hydrogen-bond acceptors (Lipinski definition) is 4. The zero-order valence-corrected chi connectivity index (χ0v) is 38.9. The van der Waals surface area contributed by atoms with E-state index in [1.54, 1.807) is 18.2 Å². The second-order valence-corrected chi connectivity index (χ2v) is 19.3. The highest BCUT2D eigenvalue weighted by Gasteiger charge is 2.34. The predicted molar refractivity (Wildman–Crippen MR) is 270 cm³/mol. The summed E-state index contributed by atoms with van der Waals surface area (Å²) in [4.78, 5) is 10.3. The summed E-state index contributed by atoms with van der Waals surface area (Å²) in [6.45, 7) is 15.4. The molecule has 0 spiro atoms. The minimum Gasteiger partial charge on any atom is -0.457 e. The number of alkyl halides is 3. The number of imidazole rings is 1. The normalized spacial score (nSPS) is 12.5. The van der Waals surface area contributed by atoms with Gasteiger partial charge in [-0.2, -0.15) is 13.2 Å². The third kappa shape index (κ3) is 7.19. The highest BCUT2D eigenvalue weighted by atomic mass is 19.4. The van der Waals surface area contributed by atoms with E-state index in [9.17, 15) is 13.2 Å². The number of fused-ring (bicyclic) bond motifs is 7. The van der Waals surface area contributed by atoms with Gasteiger partial charge in [0.2, 0.25) is 0 Å². The van der Waals surface area contributed by atoms with Crippen LogP contribution in [0, 0.1) is 0 Å². The van der Waals surface area contributed by atoms with E-state index in [1.807, 2.05) is 54.7 Å². The Hall–Kier alpha value is -7.65. The Balaban J connectivity index is 1.16. The van der Waals surface area contributed by atoms with E-state index >= 15 is 0 Å². The highest BCUT2D eigenvalue weighted by Crippen LogP contribution is 2.46. The molecule has 338 valence electrons. The van der Waals surface area contributed by atoms with Gasteiger partial charge in [-0.25, -0.2) is 9.97 Å². The number of halogens is 3. The largest absolute Gasteiger partial charge is 0.457 e. The predicted octanol–water partition coefficient (Wildman–Crippen LogP) is 17.1. The van der Waals surface area contributed by atoms with Crippen molar-refractivity contribution in [3.8, 4) is 45.5 Å². The van der Waals surface area contributed by atoms with Crippen molar-refractivity contribution in [2.24, 2.45) is 0 Å². The van der Waals surface area contributed by atoms with Crippen LogP contribution in [0.3, 0.4) is 0 Å². The first-order valence-corrected chi connectivity index (χ1v) is 23.1. The SMILES string of the molecule is CC(C)c1cccc(C(C)C)c1-n1c(-c2cc(Oc3ccc4c5ccccc5n(-c5cc(C(C)(C)C)ccn5)c4c3)cc3c2oc2cc(-c4ccccc4C(F)(F)F)ccc23)nc2ccccc21. The van der Waals surface area contributed by atoms with Gasteiger partial charge in [-0.1, -0.05) is 121 Å². The molecule has 6 nitrogen and oxygen atoms in total. The number of furan rings is 1. The lowest BCUT2D eigenvalue weighted by Crippen LogP contribution is -2.12. The standard InChI is InChI=1S/C59H49F3N4O2/c1-34(2)40-17-14-18-41(35(3)4)55(40)66-51-22-13-11-20-49(51)64-57(66)47-32-39(31-46-45-25-23-36(29-53(45)68-56(46)47)42-15-8-10-19-48(42)59(60,61)62)67-38-24-26-44-43-16-9-12-21-50(43)65(52(44)33-38)54-30-37(27-28-63-54)58(5,6)7/h8-35H,1-7H3. The van der Waals surface area contributed by atoms with Gasteiger partial charge < -0.3 is 9.15 Å². The van der Waals surface area contributed by atoms with Gasteiger partial charge in [0.1, 0.15) is 34.3 Å². The van der Waals surface area contributed by atoms with Gasteiger partial charge in [0.25, 0.3) is 0 Å². The van der Waals surface area contributed by atoms with Crippen LogP contribution in [0.5, 0.6) is 11.5 Å². The molecule has 0 radical (unpaired) electrons. The van der Waals surface area contributed by atoms with Crippen LogP contribution in [-0.4, -0.2) is 19.1 Å². The fourth-order valence-corrected chi connectivity index (χ4v) is 9.83. The summed E-state index contributed by atoms with van der Waals surface area (Å²) in [5, 5.41) is 3.63. The molecule has 0 fully saturated rings. The van der Waals surface area contributed by atoms with E-state index in [0.29, 0.717) is 39.6 Å². The molecule has 4 heterocycles. The first-order chi connectivity index (χ1) is 32.6. The van der Waals surface area contributed by atoms with Crippen molar-refractivity contribution in [3.05, 3.63) is 180 Å². The molecule has 0 atom stereocenters. The van der Waals surface area contributed by atoms with Crippen LogP contribution in [0.25, 0.3) is 88.8 Å². The van der Waals surface area contributed by atoms with E-state index in [2.05, 4.69) is 124 Å². The van der Waals surface area contributed by atoms with Gasteiger partial charge in [0, 0.05) is 33.8 Å². The molecule has 0 bridgehead atoms. The number of aromatic nitrogens is 4. The number of ether oxygens (including phenoxy) is 1. The number of benzene rings is 7. The Morgan fingerprint density at radius 2 is 1.26 bits per heavy atom. The lowest BCUT2D eigenvalue weighted by atomic mass is 9.88. The van der Waals surface area contributed by atoms with Crippen molar-refractivity contribution in [2.75, 3.05) is 0 Å². The lowest BCUT2D eigenvalue weighted by molar-refractivity contribution is -0.137. The second-order valence-electron chi connectivity index (χ2n) is 19.3. The third-order valence-electron chi connectivity index (χ3n) is 13.2. The second kappa shape index (κ2) is 16.0. The maximum Gasteiger partial charge on any atom is 0.417 e. The zero-order chi connectivity index (χ0) is 47.2. The van der Waals surface area contributed by atoms with Crippen molar-refractivity contribution in [2.45, 2.75) is 71.9 Å². The summed E-state index contributed by atoms with van der Waals surface area (Å²) in [7, 11) is 0. The molecular formula is C59H49F3N4O2. The molecule has 0 aliphatic heterocycles. The minimum absolute atomic E-state index is 0.0769. The van der Waals surface area contributed by atoms with Gasteiger partial charge in [-0.15, -0.1) is 0 Å². The van der Waals surface area contributed by atoms with Crippen molar-refractivity contribution < 1.29 is 22.3 Å². The Bertz CT molecular complexity index is 3740.